The van der Waals surface area contributed by atoms with Gasteiger partial charge in [0.25, 0.3) is 5.91 Å². The molecule has 0 fully saturated rings. The van der Waals surface area contributed by atoms with Gasteiger partial charge in [-0.15, -0.1) is 0 Å². The van der Waals surface area contributed by atoms with Crippen molar-refractivity contribution in [1.29, 1.82) is 0 Å². The Morgan fingerprint density at radius 2 is 2.20 bits per heavy atom. The molecule has 1 unspecified atom stereocenters. The molecule has 0 spiro atoms. The van der Waals surface area contributed by atoms with Gasteiger partial charge >= 0.3 is 0 Å². The minimum absolute atomic E-state index is 0.113. The minimum atomic E-state index is -0.273. The van der Waals surface area contributed by atoms with Crippen LogP contribution in [0.1, 0.15) is 34.6 Å². The number of hydrogen-bond acceptors (Lipinski definition) is 5. The number of aromatic nitrogens is 5. The smallest absolute Gasteiger partial charge is 0.287 e. The molecule has 1 amide bonds. The molecular formula is C16H19ClN6O2. The number of furan rings is 1. The van der Waals surface area contributed by atoms with Gasteiger partial charge in [-0.2, -0.15) is 10.2 Å². The van der Waals surface area contributed by atoms with E-state index in [2.05, 4.69) is 20.5 Å². The van der Waals surface area contributed by atoms with Gasteiger partial charge in [-0.1, -0.05) is 11.6 Å². The predicted molar refractivity (Wildman–Crippen MR) is 91.5 cm³/mol. The summed E-state index contributed by atoms with van der Waals surface area (Å²) in [5, 5.41) is 11.9. The largest absolute Gasteiger partial charge is 0.454 e. The zero-order valence-corrected chi connectivity index (χ0v) is 15.0. The number of aryl methyl sites for hydroxylation is 1. The molecule has 25 heavy (non-hydrogen) atoms. The molecule has 0 aliphatic heterocycles. The van der Waals surface area contributed by atoms with Gasteiger partial charge in [0.15, 0.2) is 5.76 Å². The van der Waals surface area contributed by atoms with Crippen LogP contribution in [0.25, 0.3) is 0 Å². The molecule has 0 saturated carbocycles. The van der Waals surface area contributed by atoms with E-state index < -0.39 is 0 Å². The average molecular weight is 363 g/mol. The van der Waals surface area contributed by atoms with E-state index in [0.717, 1.165) is 11.4 Å². The number of amides is 1. The lowest BCUT2D eigenvalue weighted by Gasteiger charge is -2.12. The van der Waals surface area contributed by atoms with Crippen molar-refractivity contribution in [2.24, 2.45) is 0 Å². The van der Waals surface area contributed by atoms with Gasteiger partial charge in [0.1, 0.15) is 18.4 Å². The quantitative estimate of drug-likeness (QED) is 0.726. The second-order valence-corrected chi connectivity index (χ2v) is 6.28. The molecule has 3 aromatic rings. The Kier molecular flexibility index (Phi) is 4.89. The molecule has 3 heterocycles. The van der Waals surface area contributed by atoms with Crippen molar-refractivity contribution in [2.75, 3.05) is 0 Å². The number of nitrogens with zero attached hydrogens (tertiary/aromatic N) is 5. The van der Waals surface area contributed by atoms with Gasteiger partial charge in [-0.25, -0.2) is 4.98 Å². The number of halogens is 1. The Labute approximate surface area is 149 Å². The Bertz CT molecular complexity index is 867. The maximum Gasteiger partial charge on any atom is 0.287 e. The summed E-state index contributed by atoms with van der Waals surface area (Å²) in [6, 6.07) is 3.30. The first-order chi connectivity index (χ1) is 11.9. The van der Waals surface area contributed by atoms with E-state index in [0.29, 0.717) is 23.9 Å². The molecule has 0 aliphatic rings. The zero-order chi connectivity index (χ0) is 18.0. The molecular weight excluding hydrogens is 344 g/mol. The predicted octanol–water partition coefficient (Wildman–Crippen LogP) is 2.20. The fraction of sp³-hybridized carbons (Fsp3) is 0.375. The first kappa shape index (κ1) is 17.2. The Balaban J connectivity index is 1.62. The molecule has 0 radical (unpaired) electrons. The van der Waals surface area contributed by atoms with E-state index in [4.69, 9.17) is 16.0 Å². The molecule has 0 bridgehead atoms. The van der Waals surface area contributed by atoms with E-state index in [-0.39, 0.29) is 17.7 Å². The molecule has 0 saturated heterocycles. The Morgan fingerprint density at radius 3 is 2.84 bits per heavy atom. The van der Waals surface area contributed by atoms with Crippen LogP contribution < -0.4 is 5.32 Å². The maximum absolute atomic E-state index is 12.3. The molecule has 8 nitrogen and oxygen atoms in total. The van der Waals surface area contributed by atoms with Crippen LogP contribution in [-0.2, 0) is 13.1 Å². The van der Waals surface area contributed by atoms with Crippen molar-refractivity contribution in [1.82, 2.24) is 29.9 Å². The van der Waals surface area contributed by atoms with Gasteiger partial charge < -0.3 is 9.73 Å². The number of rotatable bonds is 6. The Hall–Kier alpha value is -2.61. The third-order valence-electron chi connectivity index (χ3n) is 3.79. The molecule has 1 N–H and O–H groups in total. The van der Waals surface area contributed by atoms with Crippen molar-refractivity contribution in [3.8, 4) is 0 Å². The lowest BCUT2D eigenvalue weighted by molar-refractivity contribution is 0.0906. The van der Waals surface area contributed by atoms with Gasteiger partial charge in [0.05, 0.1) is 29.5 Å². The Morgan fingerprint density at radius 1 is 1.40 bits per heavy atom. The van der Waals surface area contributed by atoms with Crippen LogP contribution in [0.15, 0.2) is 29.2 Å². The maximum atomic E-state index is 12.3. The van der Waals surface area contributed by atoms with Crippen LogP contribution in [0.5, 0.6) is 0 Å². The first-order valence-corrected chi connectivity index (χ1v) is 8.23. The molecule has 132 valence electrons. The van der Waals surface area contributed by atoms with Gasteiger partial charge in [-0.05, 0) is 32.9 Å². The number of carbonyl (C=O) groups is 1. The lowest BCUT2D eigenvalue weighted by atomic mass is 10.3. The van der Waals surface area contributed by atoms with Gasteiger partial charge in [0.2, 0.25) is 0 Å². The second kappa shape index (κ2) is 7.10. The molecule has 0 aromatic carbocycles. The van der Waals surface area contributed by atoms with Crippen molar-refractivity contribution in [3.05, 3.63) is 52.7 Å². The highest BCUT2D eigenvalue weighted by Crippen LogP contribution is 2.20. The summed E-state index contributed by atoms with van der Waals surface area (Å²) in [5.41, 5.74) is 1.63. The van der Waals surface area contributed by atoms with Crippen LogP contribution >= 0.6 is 11.6 Å². The topological polar surface area (TPSA) is 90.8 Å². The molecule has 3 rings (SSSR count). The third-order valence-corrected chi connectivity index (χ3v) is 4.34. The summed E-state index contributed by atoms with van der Waals surface area (Å²) < 4.78 is 9.05. The summed E-state index contributed by atoms with van der Waals surface area (Å²) in [6.45, 7) is 6.58. The first-order valence-electron chi connectivity index (χ1n) is 7.85. The fourth-order valence-corrected chi connectivity index (χ4v) is 2.65. The molecule has 0 aliphatic carbocycles. The van der Waals surface area contributed by atoms with E-state index in [1.165, 1.54) is 6.33 Å². The summed E-state index contributed by atoms with van der Waals surface area (Å²) in [7, 11) is 0. The van der Waals surface area contributed by atoms with Crippen molar-refractivity contribution in [3.63, 3.8) is 0 Å². The number of carbonyl (C=O) groups excluding carboxylic acids is 1. The normalized spacial score (nSPS) is 12.3. The van der Waals surface area contributed by atoms with E-state index in [1.54, 1.807) is 27.8 Å². The highest BCUT2D eigenvalue weighted by atomic mass is 35.5. The van der Waals surface area contributed by atoms with Gasteiger partial charge in [-0.3, -0.25) is 14.2 Å². The van der Waals surface area contributed by atoms with Crippen LogP contribution in [0.4, 0.5) is 0 Å². The summed E-state index contributed by atoms with van der Waals surface area (Å²) in [5.74, 6) is 0.620. The van der Waals surface area contributed by atoms with E-state index >= 15 is 0 Å². The summed E-state index contributed by atoms with van der Waals surface area (Å²) in [4.78, 5) is 16.2. The van der Waals surface area contributed by atoms with Crippen LogP contribution in [0.3, 0.4) is 0 Å². The second-order valence-electron chi connectivity index (χ2n) is 5.90. The van der Waals surface area contributed by atoms with Crippen LogP contribution in [0, 0.1) is 13.8 Å². The lowest BCUT2D eigenvalue weighted by Crippen LogP contribution is -2.35. The number of hydrogen-bond donors (Lipinski definition) is 1. The van der Waals surface area contributed by atoms with Crippen LogP contribution in [0.2, 0.25) is 5.02 Å². The van der Waals surface area contributed by atoms with E-state index in [9.17, 15) is 4.79 Å². The van der Waals surface area contributed by atoms with Crippen molar-refractivity contribution >= 4 is 17.5 Å². The highest BCUT2D eigenvalue weighted by Gasteiger charge is 2.16. The zero-order valence-electron chi connectivity index (χ0n) is 14.2. The monoisotopic (exact) mass is 362 g/mol. The van der Waals surface area contributed by atoms with Crippen molar-refractivity contribution < 1.29 is 9.21 Å². The molecule has 1 atom stereocenters. The summed E-state index contributed by atoms with van der Waals surface area (Å²) in [6.07, 6.45) is 3.06. The molecule has 9 heteroatoms. The van der Waals surface area contributed by atoms with E-state index in [1.807, 2.05) is 20.8 Å². The average Bonchev–Trinajstić information content (AvgIpc) is 3.28. The standard InChI is InChI=1S/C16H19ClN6O2/c1-10(6-22-9-18-8-19-22)20-16(24)14-5-4-13(25-14)7-23-12(3)15(17)11(2)21-23/h4-5,8-10H,6-7H2,1-3H3,(H,20,24). The third kappa shape index (κ3) is 3.90. The summed E-state index contributed by atoms with van der Waals surface area (Å²) >= 11 is 6.15. The minimum Gasteiger partial charge on any atom is -0.454 e. The number of nitrogens with one attached hydrogen (secondary N) is 1. The van der Waals surface area contributed by atoms with Gasteiger partial charge in [0, 0.05) is 6.04 Å². The van der Waals surface area contributed by atoms with Crippen LogP contribution in [-0.4, -0.2) is 36.5 Å². The fourth-order valence-electron chi connectivity index (χ4n) is 2.51. The SMILES string of the molecule is Cc1nn(Cc2ccc(C(=O)NC(C)Cn3cncn3)o2)c(C)c1Cl. The molecule has 3 aromatic heterocycles. The highest BCUT2D eigenvalue weighted by molar-refractivity contribution is 6.31. The van der Waals surface area contributed by atoms with Crippen molar-refractivity contribution in [2.45, 2.75) is 39.9 Å².